The summed E-state index contributed by atoms with van der Waals surface area (Å²) in [6.07, 6.45) is 2.31. The zero-order valence-electron chi connectivity index (χ0n) is 20.1. The molecule has 1 aliphatic rings. The zero-order chi connectivity index (χ0) is 24.5. The predicted octanol–water partition coefficient (Wildman–Crippen LogP) is 3.48. The minimum Gasteiger partial charge on any atom is -0.462 e. The van der Waals surface area contributed by atoms with Gasteiger partial charge in [0, 0.05) is 32.4 Å². The van der Waals surface area contributed by atoms with Gasteiger partial charge in [0.05, 0.1) is 24.8 Å². The first-order valence-corrected chi connectivity index (χ1v) is 12.1. The summed E-state index contributed by atoms with van der Waals surface area (Å²) in [6.45, 7) is 5.56. The van der Waals surface area contributed by atoms with Crippen molar-refractivity contribution < 1.29 is 14.3 Å². The highest BCUT2D eigenvalue weighted by atomic mass is 16.5. The molecule has 7 nitrogen and oxygen atoms in total. The molecule has 1 amide bonds. The molecule has 3 aromatic rings. The molecule has 1 fully saturated rings. The van der Waals surface area contributed by atoms with Crippen molar-refractivity contribution in [3.05, 3.63) is 95.7 Å². The third-order valence-electron chi connectivity index (χ3n) is 6.14. The van der Waals surface area contributed by atoms with Crippen LogP contribution in [0.15, 0.2) is 79.0 Å². The summed E-state index contributed by atoms with van der Waals surface area (Å²) in [4.78, 5) is 33.6. The van der Waals surface area contributed by atoms with Crippen molar-refractivity contribution in [1.82, 2.24) is 15.2 Å². The van der Waals surface area contributed by atoms with Crippen molar-refractivity contribution in [1.29, 1.82) is 0 Å². The predicted molar refractivity (Wildman–Crippen MR) is 136 cm³/mol. The van der Waals surface area contributed by atoms with Gasteiger partial charge in [0.15, 0.2) is 0 Å². The van der Waals surface area contributed by atoms with Crippen molar-refractivity contribution in [2.75, 3.05) is 44.2 Å². The Kier molecular flexibility index (Phi) is 8.46. The van der Waals surface area contributed by atoms with Gasteiger partial charge in [-0.3, -0.25) is 9.69 Å². The van der Waals surface area contributed by atoms with Crippen molar-refractivity contribution in [3.63, 3.8) is 0 Å². The highest BCUT2D eigenvalue weighted by Crippen LogP contribution is 2.19. The molecule has 2 heterocycles. The van der Waals surface area contributed by atoms with E-state index in [2.05, 4.69) is 44.4 Å². The van der Waals surface area contributed by atoms with E-state index in [0.717, 1.165) is 44.0 Å². The summed E-state index contributed by atoms with van der Waals surface area (Å²) in [5, 5.41) is 3.25. The third-order valence-corrected chi connectivity index (χ3v) is 6.14. The molecule has 1 unspecified atom stereocenters. The Morgan fingerprint density at radius 2 is 1.63 bits per heavy atom. The van der Waals surface area contributed by atoms with Crippen LogP contribution in [0, 0.1) is 0 Å². The second kappa shape index (κ2) is 12.1. The maximum atomic E-state index is 13.0. The van der Waals surface area contributed by atoms with Crippen LogP contribution in [-0.2, 0) is 16.0 Å². The molecule has 35 heavy (non-hydrogen) atoms. The van der Waals surface area contributed by atoms with Crippen LogP contribution in [0.25, 0.3) is 0 Å². The molecular formula is C28H32N4O3. The van der Waals surface area contributed by atoms with Crippen molar-refractivity contribution in [2.45, 2.75) is 19.4 Å². The van der Waals surface area contributed by atoms with Crippen LogP contribution < -0.4 is 10.2 Å². The molecule has 0 bridgehead atoms. The summed E-state index contributed by atoms with van der Waals surface area (Å²) < 4.78 is 5.02. The highest BCUT2D eigenvalue weighted by molar-refractivity contribution is 5.89. The molecule has 0 aliphatic carbocycles. The van der Waals surface area contributed by atoms with Crippen LogP contribution in [-0.4, -0.2) is 61.1 Å². The molecular weight excluding hydrogens is 440 g/mol. The van der Waals surface area contributed by atoms with Crippen molar-refractivity contribution >= 4 is 17.7 Å². The lowest BCUT2D eigenvalue weighted by Gasteiger charge is -2.35. The molecule has 1 atom stereocenters. The van der Waals surface area contributed by atoms with E-state index in [9.17, 15) is 9.59 Å². The Bertz CT molecular complexity index is 1080. The van der Waals surface area contributed by atoms with E-state index in [1.54, 1.807) is 19.2 Å². The first-order chi connectivity index (χ1) is 17.1. The lowest BCUT2D eigenvalue weighted by molar-refractivity contribution is -0.123. The molecule has 1 saturated heterocycles. The van der Waals surface area contributed by atoms with Gasteiger partial charge in [-0.2, -0.15) is 0 Å². The standard InChI is InChI=1S/C28H32N4O3/c1-2-35-28(34)24-13-14-26(29-20-24)32-17-15-31(16-18-32)21-27(33)30-25(23-11-7-4-8-12-23)19-22-9-5-3-6-10-22/h3-14,20,25H,2,15-19,21H2,1H3,(H,30,33). The SMILES string of the molecule is CCOC(=O)c1ccc(N2CCN(CC(=O)NC(Cc3ccccc3)c3ccccc3)CC2)nc1. The normalized spacial score (nSPS) is 14.8. The summed E-state index contributed by atoms with van der Waals surface area (Å²) in [5.41, 5.74) is 2.75. The number of amides is 1. The fourth-order valence-corrected chi connectivity index (χ4v) is 4.27. The van der Waals surface area contributed by atoms with E-state index in [-0.39, 0.29) is 17.9 Å². The lowest BCUT2D eigenvalue weighted by Crippen LogP contribution is -2.50. The maximum Gasteiger partial charge on any atom is 0.339 e. The van der Waals surface area contributed by atoms with Gasteiger partial charge >= 0.3 is 5.97 Å². The molecule has 0 spiro atoms. The zero-order valence-corrected chi connectivity index (χ0v) is 20.1. The Morgan fingerprint density at radius 1 is 0.943 bits per heavy atom. The first-order valence-electron chi connectivity index (χ1n) is 12.1. The van der Waals surface area contributed by atoms with Gasteiger partial charge in [0.1, 0.15) is 5.82 Å². The fourth-order valence-electron chi connectivity index (χ4n) is 4.27. The molecule has 0 radical (unpaired) electrons. The molecule has 0 saturated carbocycles. The second-order valence-corrected chi connectivity index (χ2v) is 8.61. The van der Waals surface area contributed by atoms with Crippen LogP contribution in [0.1, 0.15) is 34.5 Å². The van der Waals surface area contributed by atoms with Gasteiger partial charge in [0.25, 0.3) is 0 Å². The Labute approximate surface area is 206 Å². The fraction of sp³-hybridized carbons (Fsp3) is 0.321. The van der Waals surface area contributed by atoms with Crippen LogP contribution in [0.5, 0.6) is 0 Å². The molecule has 7 heteroatoms. The number of rotatable bonds is 9. The van der Waals surface area contributed by atoms with Gasteiger partial charge < -0.3 is 15.0 Å². The minimum atomic E-state index is -0.358. The summed E-state index contributed by atoms with van der Waals surface area (Å²) >= 11 is 0. The number of carbonyl (C=O) groups excluding carboxylic acids is 2. The number of aromatic nitrogens is 1. The average molecular weight is 473 g/mol. The molecule has 1 N–H and O–H groups in total. The topological polar surface area (TPSA) is 74.8 Å². The van der Waals surface area contributed by atoms with Crippen molar-refractivity contribution in [3.8, 4) is 0 Å². The van der Waals surface area contributed by atoms with Gasteiger partial charge in [-0.15, -0.1) is 0 Å². The maximum absolute atomic E-state index is 13.0. The highest BCUT2D eigenvalue weighted by Gasteiger charge is 2.22. The molecule has 2 aromatic carbocycles. The Hall–Kier alpha value is -3.71. The van der Waals surface area contributed by atoms with E-state index in [4.69, 9.17) is 4.74 Å². The minimum absolute atomic E-state index is 0.0279. The number of piperazine rings is 1. The Balaban J connectivity index is 1.30. The van der Waals surface area contributed by atoms with Gasteiger partial charge in [-0.25, -0.2) is 9.78 Å². The first kappa shape index (κ1) is 24.4. The number of benzene rings is 2. The average Bonchev–Trinajstić information content (AvgIpc) is 2.90. The Morgan fingerprint density at radius 3 is 2.26 bits per heavy atom. The quantitative estimate of drug-likeness (QED) is 0.481. The number of hydrogen-bond donors (Lipinski definition) is 1. The van der Waals surface area contributed by atoms with E-state index in [1.165, 1.54) is 5.56 Å². The van der Waals surface area contributed by atoms with Crippen LogP contribution in [0.3, 0.4) is 0 Å². The number of anilines is 1. The van der Waals surface area contributed by atoms with Crippen molar-refractivity contribution in [2.24, 2.45) is 0 Å². The number of carbonyl (C=O) groups is 2. The smallest absolute Gasteiger partial charge is 0.339 e. The van der Waals surface area contributed by atoms with Gasteiger partial charge in [0.2, 0.25) is 5.91 Å². The number of pyridine rings is 1. The van der Waals surface area contributed by atoms with Crippen LogP contribution in [0.2, 0.25) is 0 Å². The third kappa shape index (κ3) is 6.90. The summed E-state index contributed by atoms with van der Waals surface area (Å²) in [6, 6.07) is 23.9. The van der Waals surface area contributed by atoms with E-state index < -0.39 is 0 Å². The van der Waals surface area contributed by atoms with Crippen LogP contribution in [0.4, 0.5) is 5.82 Å². The van der Waals surface area contributed by atoms with Gasteiger partial charge in [-0.1, -0.05) is 60.7 Å². The summed E-state index contributed by atoms with van der Waals surface area (Å²) in [7, 11) is 0. The number of nitrogens with zero attached hydrogens (tertiary/aromatic N) is 3. The monoisotopic (exact) mass is 472 g/mol. The number of nitrogens with one attached hydrogen (secondary N) is 1. The largest absolute Gasteiger partial charge is 0.462 e. The number of ether oxygens (including phenoxy) is 1. The number of hydrogen-bond acceptors (Lipinski definition) is 6. The van der Waals surface area contributed by atoms with Crippen LogP contribution >= 0.6 is 0 Å². The molecule has 1 aliphatic heterocycles. The molecule has 182 valence electrons. The van der Waals surface area contributed by atoms with E-state index in [0.29, 0.717) is 18.7 Å². The summed E-state index contributed by atoms with van der Waals surface area (Å²) in [5.74, 6) is 0.498. The lowest BCUT2D eigenvalue weighted by atomic mass is 9.99. The van der Waals surface area contributed by atoms with Gasteiger partial charge in [-0.05, 0) is 36.6 Å². The molecule has 1 aromatic heterocycles. The van der Waals surface area contributed by atoms with E-state index in [1.807, 2.05) is 42.5 Å². The second-order valence-electron chi connectivity index (χ2n) is 8.61. The number of esters is 1. The molecule has 4 rings (SSSR count). The van der Waals surface area contributed by atoms with E-state index >= 15 is 0 Å².